The normalized spacial score (nSPS) is 19.5. The highest BCUT2D eigenvalue weighted by atomic mass is 32.2. The Bertz CT molecular complexity index is 609. The van der Waals surface area contributed by atoms with Gasteiger partial charge >= 0.3 is 0 Å². The number of amides is 1. The minimum Gasteiger partial charge on any atom is -0.588 e. The number of carbonyl (C=O) groups excluding carboxylic acids is 2. The van der Waals surface area contributed by atoms with Crippen LogP contribution in [0.3, 0.4) is 0 Å². The summed E-state index contributed by atoms with van der Waals surface area (Å²) in [6.07, 6.45) is 7.37. The molecule has 26 heavy (non-hydrogen) atoms. The average Bonchev–Trinajstić information content (AvgIpc) is 3.11. The van der Waals surface area contributed by atoms with Gasteiger partial charge in [-0.1, -0.05) is 31.0 Å². The van der Waals surface area contributed by atoms with E-state index < -0.39 is 0 Å². The maximum atomic E-state index is 12.1. The summed E-state index contributed by atoms with van der Waals surface area (Å²) in [5, 5.41) is 10.2. The molecular formula is C17H27N5O3S. The molecule has 9 heteroatoms. The van der Waals surface area contributed by atoms with Gasteiger partial charge < -0.3 is 19.5 Å². The number of hydrogen-bond acceptors (Lipinski definition) is 7. The highest BCUT2D eigenvalue weighted by molar-refractivity contribution is 8.13. The molecule has 1 aliphatic heterocycles. The molecule has 1 saturated carbocycles. The van der Waals surface area contributed by atoms with Crippen LogP contribution in [-0.4, -0.2) is 60.2 Å². The molecule has 0 radical (unpaired) electrons. The van der Waals surface area contributed by atoms with E-state index in [2.05, 4.69) is 22.5 Å². The fourth-order valence-electron chi connectivity index (χ4n) is 3.29. The van der Waals surface area contributed by atoms with Crippen LogP contribution in [0.5, 0.6) is 0 Å². The highest BCUT2D eigenvalue weighted by Crippen LogP contribution is 2.28. The molecule has 1 aromatic heterocycles. The Morgan fingerprint density at radius 1 is 1.27 bits per heavy atom. The lowest BCUT2D eigenvalue weighted by Gasteiger charge is -2.26. The Morgan fingerprint density at radius 2 is 2.00 bits per heavy atom. The first-order chi connectivity index (χ1) is 12.6. The van der Waals surface area contributed by atoms with Gasteiger partial charge in [-0.05, 0) is 26.3 Å². The maximum absolute atomic E-state index is 12.1. The van der Waals surface area contributed by atoms with E-state index in [9.17, 15) is 9.59 Å². The Kier molecular flexibility index (Phi) is 6.90. The second-order valence-electron chi connectivity index (χ2n) is 6.98. The lowest BCUT2D eigenvalue weighted by atomic mass is 9.90. The van der Waals surface area contributed by atoms with Crippen LogP contribution < -0.4 is 9.80 Å². The van der Waals surface area contributed by atoms with Gasteiger partial charge in [0.2, 0.25) is 5.27 Å². The van der Waals surface area contributed by atoms with Gasteiger partial charge in [-0.3, -0.25) is 4.79 Å². The van der Waals surface area contributed by atoms with E-state index in [1.165, 1.54) is 18.2 Å². The summed E-state index contributed by atoms with van der Waals surface area (Å²) in [5.41, 5.74) is 0. The topological polar surface area (TPSA) is 84.6 Å². The Hall–Kier alpha value is -1.61. The van der Waals surface area contributed by atoms with E-state index in [-0.39, 0.29) is 29.2 Å². The zero-order valence-corrected chi connectivity index (χ0v) is 16.1. The highest BCUT2D eigenvalue weighted by Gasteiger charge is 2.23. The van der Waals surface area contributed by atoms with Gasteiger partial charge in [0.1, 0.15) is 5.88 Å². The molecule has 0 aromatic carbocycles. The van der Waals surface area contributed by atoms with Gasteiger partial charge in [0.25, 0.3) is 6.20 Å². The molecule has 1 amide bonds. The zero-order chi connectivity index (χ0) is 18.4. The number of carbonyl (C=O) groups is 2. The summed E-state index contributed by atoms with van der Waals surface area (Å²) in [7, 11) is 2.08. The number of piperazine rings is 1. The number of thioether (sulfide) groups is 1. The lowest BCUT2D eigenvalue weighted by molar-refractivity contribution is -0.759. The van der Waals surface area contributed by atoms with Gasteiger partial charge in [0, 0.05) is 24.8 Å². The van der Waals surface area contributed by atoms with Crippen LogP contribution in [0.15, 0.2) is 10.7 Å². The van der Waals surface area contributed by atoms with Gasteiger partial charge in [-0.15, -0.1) is 0 Å². The van der Waals surface area contributed by atoms with E-state index in [0.717, 1.165) is 51.9 Å². The van der Waals surface area contributed by atoms with Crippen LogP contribution in [0, 0.1) is 5.92 Å². The molecule has 8 nitrogen and oxygen atoms in total. The standard InChI is InChI=1S/C17H27N5O3S/c1-20-8-10-21(11-9-20)22-13-16(25-19-22)18-15(23)7-12-26-17(24)14-5-3-2-4-6-14/h13-14H,2-12H2,1H3. The largest absolute Gasteiger partial charge is 0.588 e. The first kappa shape index (κ1) is 19.2. The summed E-state index contributed by atoms with van der Waals surface area (Å²) in [6.45, 7) is 3.61. The SMILES string of the molecule is CN1CCN([n+]2cc([N-]C(=O)CCSC(=O)C3CCCCC3)on2)CC1. The molecule has 0 N–H and O–H groups in total. The van der Waals surface area contributed by atoms with E-state index in [1.54, 1.807) is 11.0 Å². The summed E-state index contributed by atoms with van der Waals surface area (Å²) >= 11 is 1.27. The third-order valence-corrected chi connectivity index (χ3v) is 5.97. The van der Waals surface area contributed by atoms with Gasteiger partial charge in [0.15, 0.2) is 5.12 Å². The molecule has 1 aromatic rings. The molecule has 0 spiro atoms. The van der Waals surface area contributed by atoms with E-state index in [0.29, 0.717) is 5.75 Å². The molecule has 3 rings (SSSR count). The second-order valence-corrected chi connectivity index (χ2v) is 8.07. The Morgan fingerprint density at radius 3 is 2.73 bits per heavy atom. The molecule has 1 aliphatic carbocycles. The van der Waals surface area contributed by atoms with Crippen molar-refractivity contribution >= 4 is 28.7 Å². The smallest absolute Gasteiger partial charge is 0.257 e. The van der Waals surface area contributed by atoms with Crippen molar-refractivity contribution < 1.29 is 18.9 Å². The quantitative estimate of drug-likeness (QED) is 0.692. The fourth-order valence-corrected chi connectivity index (χ4v) is 4.24. The van der Waals surface area contributed by atoms with Crippen molar-refractivity contribution in [3.8, 4) is 0 Å². The number of hydrogen-bond donors (Lipinski definition) is 0. The molecule has 0 bridgehead atoms. The molecular weight excluding hydrogens is 354 g/mol. The third-order valence-electron chi connectivity index (χ3n) is 4.95. The van der Waals surface area contributed by atoms with Gasteiger partial charge in [-0.2, -0.15) is 5.01 Å². The monoisotopic (exact) mass is 381 g/mol. The summed E-state index contributed by atoms with van der Waals surface area (Å²) < 4.78 is 5.13. The van der Waals surface area contributed by atoms with Crippen molar-refractivity contribution in [3.63, 3.8) is 0 Å². The molecule has 1 saturated heterocycles. The molecule has 0 atom stereocenters. The Labute approximate surface area is 158 Å². The molecule has 2 heterocycles. The van der Waals surface area contributed by atoms with Gasteiger partial charge in [0.05, 0.1) is 23.8 Å². The first-order valence-electron chi connectivity index (χ1n) is 9.35. The number of rotatable bonds is 6. The Balaban J connectivity index is 1.37. The van der Waals surface area contributed by atoms with Crippen molar-refractivity contribution in [2.45, 2.75) is 38.5 Å². The average molecular weight is 382 g/mol. The second kappa shape index (κ2) is 9.36. The zero-order valence-electron chi connectivity index (χ0n) is 15.3. The van der Waals surface area contributed by atoms with Crippen molar-refractivity contribution in [1.29, 1.82) is 0 Å². The van der Waals surface area contributed by atoms with Crippen LogP contribution in [0.4, 0.5) is 5.88 Å². The summed E-state index contributed by atoms with van der Waals surface area (Å²) in [5.74, 6) is 0.579. The lowest BCUT2D eigenvalue weighted by Crippen LogP contribution is -2.64. The molecule has 0 unspecified atom stereocenters. The predicted octanol–water partition coefficient (Wildman–Crippen LogP) is 1.61. The molecule has 2 fully saturated rings. The molecule has 144 valence electrons. The van der Waals surface area contributed by atoms with Crippen molar-refractivity contribution in [1.82, 2.24) is 10.2 Å². The van der Waals surface area contributed by atoms with E-state index in [4.69, 9.17) is 4.52 Å². The van der Waals surface area contributed by atoms with Crippen molar-refractivity contribution in [2.75, 3.05) is 44.0 Å². The van der Waals surface area contributed by atoms with Gasteiger partial charge in [-0.25, -0.2) is 0 Å². The fraction of sp³-hybridized carbons (Fsp3) is 0.765. The van der Waals surface area contributed by atoms with Crippen LogP contribution in [-0.2, 0) is 9.59 Å². The first-order valence-corrected chi connectivity index (χ1v) is 10.3. The minimum absolute atomic E-state index is 0.178. The number of aromatic nitrogens is 2. The summed E-state index contributed by atoms with van der Waals surface area (Å²) in [4.78, 5) is 28.0. The van der Waals surface area contributed by atoms with E-state index >= 15 is 0 Å². The van der Waals surface area contributed by atoms with Crippen LogP contribution in [0.1, 0.15) is 38.5 Å². The minimum atomic E-state index is -0.282. The summed E-state index contributed by atoms with van der Waals surface area (Å²) in [6, 6.07) is 0. The third kappa shape index (κ3) is 5.44. The predicted molar refractivity (Wildman–Crippen MR) is 98.8 cm³/mol. The van der Waals surface area contributed by atoms with Crippen molar-refractivity contribution in [2.24, 2.45) is 5.92 Å². The van der Waals surface area contributed by atoms with E-state index in [1.807, 2.05) is 5.01 Å². The van der Waals surface area contributed by atoms with Crippen LogP contribution in [0.2, 0.25) is 0 Å². The maximum Gasteiger partial charge on any atom is 0.257 e. The van der Waals surface area contributed by atoms with Crippen LogP contribution >= 0.6 is 11.8 Å². The molecule has 2 aliphatic rings. The van der Waals surface area contributed by atoms with Crippen LogP contribution in [0.25, 0.3) is 5.32 Å². The number of nitrogens with zero attached hydrogens (tertiary/aromatic N) is 5. The van der Waals surface area contributed by atoms with Crippen molar-refractivity contribution in [3.05, 3.63) is 11.5 Å². The number of likely N-dealkylation sites (N-methyl/N-ethyl adjacent to an activating group) is 1.